The van der Waals surface area contributed by atoms with Crippen molar-refractivity contribution in [3.8, 4) is 5.75 Å². The molecule has 61 heavy (non-hydrogen) atoms. The van der Waals surface area contributed by atoms with Gasteiger partial charge in [-0.15, -0.1) is 11.8 Å². The van der Waals surface area contributed by atoms with Gasteiger partial charge in [0.1, 0.15) is 35.1 Å². The topological polar surface area (TPSA) is 216 Å². The standard InChI is InChI=1S/C45H53N5O10S/c1-29(47-40(55)58-34-25-23-30(24-26-34)27-35(39(53)54)48-41(56)59-43(2,3)4)38(52)50(49-42(57)60-44(5,6)7)36(37(46)51)28-61-45(31-17-11-8-12-18-31,32-19-13-9-14-20-32)33-21-15-10-16-22-33/h8-26,29,35-36H,27-28H2,1-7H3,(H2,46,51)(H,47,55)(H,48,56)(H,49,57)(H,53,54)/t29-,35-,36-/m0/s1. The number of ether oxygens (including phenoxy) is 3. The first-order valence-electron chi connectivity index (χ1n) is 19.4. The molecule has 3 atom stereocenters. The average Bonchev–Trinajstić information content (AvgIpc) is 3.18. The van der Waals surface area contributed by atoms with Gasteiger partial charge in [0.25, 0.3) is 5.91 Å². The Hall–Kier alpha value is -6.55. The maximum absolute atomic E-state index is 14.2. The van der Waals surface area contributed by atoms with E-state index in [1.54, 1.807) is 41.5 Å². The van der Waals surface area contributed by atoms with Gasteiger partial charge in [0.05, 0.1) is 4.75 Å². The number of benzene rings is 4. The molecule has 0 aliphatic carbocycles. The smallest absolute Gasteiger partial charge is 0.426 e. The summed E-state index contributed by atoms with van der Waals surface area (Å²) in [7, 11) is 0. The fourth-order valence-electron chi connectivity index (χ4n) is 6.11. The second-order valence-electron chi connectivity index (χ2n) is 16.0. The molecule has 15 nitrogen and oxygen atoms in total. The maximum Gasteiger partial charge on any atom is 0.426 e. The lowest BCUT2D eigenvalue weighted by atomic mass is 9.84. The number of primary amides is 1. The number of rotatable bonds is 15. The molecule has 4 rings (SSSR count). The van der Waals surface area contributed by atoms with Crippen molar-refractivity contribution in [1.82, 2.24) is 21.1 Å². The van der Waals surface area contributed by atoms with Crippen LogP contribution in [-0.4, -0.2) is 81.3 Å². The highest BCUT2D eigenvalue weighted by Gasteiger charge is 2.41. The second-order valence-corrected chi connectivity index (χ2v) is 17.2. The SMILES string of the molecule is C[C@H](NC(=O)Oc1ccc(C[C@H](NC(=O)OC(C)(C)C)C(=O)O)cc1)C(=O)N(NC(=O)OC(C)(C)C)[C@@H](CSC(c1ccccc1)(c1ccccc1)c1ccccc1)C(N)=O. The van der Waals surface area contributed by atoms with Gasteiger partial charge >= 0.3 is 24.2 Å². The van der Waals surface area contributed by atoms with E-state index in [0.717, 1.165) is 21.7 Å². The first kappa shape index (κ1) is 47.1. The fraction of sp³-hybridized carbons (Fsp3) is 0.333. The Bertz CT molecular complexity index is 2030. The number of nitrogens with two attached hydrogens (primary N) is 1. The number of nitrogens with one attached hydrogen (secondary N) is 3. The molecule has 5 amide bonds. The van der Waals surface area contributed by atoms with Crippen LogP contribution in [0.25, 0.3) is 0 Å². The van der Waals surface area contributed by atoms with Gasteiger partial charge in [-0.3, -0.25) is 9.59 Å². The van der Waals surface area contributed by atoms with Crippen molar-refractivity contribution in [1.29, 1.82) is 0 Å². The van der Waals surface area contributed by atoms with E-state index in [0.29, 0.717) is 5.56 Å². The summed E-state index contributed by atoms with van der Waals surface area (Å²) in [5, 5.41) is 15.2. The predicted molar refractivity (Wildman–Crippen MR) is 230 cm³/mol. The Morgan fingerprint density at radius 2 is 1.13 bits per heavy atom. The highest BCUT2D eigenvalue weighted by molar-refractivity contribution is 8.00. The molecule has 0 spiro atoms. The number of carboxylic acid groups (broad SMARTS) is 1. The lowest BCUT2D eigenvalue weighted by Gasteiger charge is -2.38. The zero-order chi connectivity index (χ0) is 45.0. The van der Waals surface area contributed by atoms with Crippen LogP contribution in [0.2, 0.25) is 0 Å². The number of hydrazine groups is 1. The van der Waals surface area contributed by atoms with Gasteiger partial charge in [0.2, 0.25) is 5.91 Å². The van der Waals surface area contributed by atoms with Crippen molar-refractivity contribution in [2.45, 2.75) is 89.0 Å². The van der Waals surface area contributed by atoms with Crippen LogP contribution in [0.15, 0.2) is 115 Å². The third-order valence-corrected chi connectivity index (χ3v) is 10.4. The minimum atomic E-state index is -1.47. The van der Waals surface area contributed by atoms with E-state index in [-0.39, 0.29) is 17.9 Å². The second kappa shape index (κ2) is 20.6. The van der Waals surface area contributed by atoms with Crippen molar-refractivity contribution >= 4 is 47.8 Å². The van der Waals surface area contributed by atoms with E-state index in [4.69, 9.17) is 19.9 Å². The zero-order valence-corrected chi connectivity index (χ0v) is 36.0. The summed E-state index contributed by atoms with van der Waals surface area (Å²) in [4.78, 5) is 78.1. The number of carbonyl (C=O) groups is 6. The molecule has 0 aliphatic rings. The first-order valence-corrected chi connectivity index (χ1v) is 20.4. The number of aliphatic carboxylic acids is 1. The van der Waals surface area contributed by atoms with Gasteiger partial charge in [0.15, 0.2) is 0 Å². The van der Waals surface area contributed by atoms with Gasteiger partial charge in [0, 0.05) is 12.2 Å². The monoisotopic (exact) mass is 855 g/mol. The molecular formula is C45H53N5O10S. The Morgan fingerprint density at radius 1 is 0.672 bits per heavy atom. The van der Waals surface area contributed by atoms with Crippen LogP contribution < -0.4 is 26.5 Å². The molecule has 0 saturated carbocycles. The van der Waals surface area contributed by atoms with Crippen molar-refractivity contribution < 1.29 is 48.1 Å². The van der Waals surface area contributed by atoms with Crippen molar-refractivity contribution in [3.63, 3.8) is 0 Å². The number of carboxylic acids is 1. The van der Waals surface area contributed by atoms with E-state index >= 15 is 0 Å². The number of hydrogen-bond donors (Lipinski definition) is 5. The maximum atomic E-state index is 14.2. The zero-order valence-electron chi connectivity index (χ0n) is 35.2. The molecule has 0 saturated heterocycles. The molecule has 0 unspecified atom stereocenters. The number of nitrogens with zero attached hydrogens (tertiary/aromatic N) is 1. The summed E-state index contributed by atoms with van der Waals surface area (Å²) in [5.74, 6) is -3.22. The minimum absolute atomic E-state index is 0.0436. The predicted octanol–water partition coefficient (Wildman–Crippen LogP) is 6.53. The van der Waals surface area contributed by atoms with E-state index in [9.17, 15) is 33.9 Å². The molecule has 0 heterocycles. The number of hydrogen-bond acceptors (Lipinski definition) is 10. The summed E-state index contributed by atoms with van der Waals surface area (Å²) < 4.78 is 15.1. The minimum Gasteiger partial charge on any atom is -0.480 e. The Balaban J connectivity index is 1.57. The third-order valence-electron chi connectivity index (χ3n) is 8.75. The van der Waals surface area contributed by atoms with Gasteiger partial charge < -0.3 is 35.7 Å². The Morgan fingerprint density at radius 3 is 1.56 bits per heavy atom. The summed E-state index contributed by atoms with van der Waals surface area (Å²) in [6, 6.07) is 30.6. The summed E-state index contributed by atoms with van der Waals surface area (Å²) in [6.45, 7) is 11.2. The van der Waals surface area contributed by atoms with Gasteiger partial charge in [-0.05, 0) is 82.9 Å². The Kier molecular flexibility index (Phi) is 15.9. The quantitative estimate of drug-likeness (QED) is 0.0640. The lowest BCUT2D eigenvalue weighted by molar-refractivity contribution is -0.143. The highest BCUT2D eigenvalue weighted by Crippen LogP contribution is 2.48. The van der Waals surface area contributed by atoms with Crippen molar-refractivity contribution in [2.75, 3.05) is 5.75 Å². The molecule has 0 aromatic heterocycles. The van der Waals surface area contributed by atoms with E-state index in [2.05, 4.69) is 16.1 Å². The fourth-order valence-corrected chi connectivity index (χ4v) is 7.73. The van der Waals surface area contributed by atoms with Crippen molar-refractivity contribution in [3.05, 3.63) is 138 Å². The number of carbonyl (C=O) groups excluding carboxylic acids is 5. The summed E-state index contributed by atoms with van der Waals surface area (Å²) >= 11 is 1.33. The lowest BCUT2D eigenvalue weighted by Crippen LogP contribution is -2.62. The molecule has 4 aromatic rings. The van der Waals surface area contributed by atoms with E-state index < -0.39 is 70.1 Å². The molecule has 16 heteroatoms. The first-order chi connectivity index (χ1) is 28.7. The Labute approximate surface area is 359 Å². The summed E-state index contributed by atoms with van der Waals surface area (Å²) in [5.41, 5.74) is 9.75. The molecule has 0 aliphatic heterocycles. The molecular weight excluding hydrogens is 803 g/mol. The van der Waals surface area contributed by atoms with Crippen LogP contribution >= 0.6 is 11.8 Å². The van der Waals surface area contributed by atoms with Crippen molar-refractivity contribution in [2.24, 2.45) is 5.73 Å². The normalized spacial score (nSPS) is 13.0. The summed E-state index contributed by atoms with van der Waals surface area (Å²) in [6.07, 6.45) is -3.09. The van der Waals surface area contributed by atoms with Crippen LogP contribution in [0.1, 0.15) is 70.7 Å². The van der Waals surface area contributed by atoms with Crippen LogP contribution in [0.3, 0.4) is 0 Å². The molecule has 0 radical (unpaired) electrons. The van der Waals surface area contributed by atoms with Crippen LogP contribution in [0, 0.1) is 0 Å². The number of alkyl carbamates (subject to hydrolysis) is 1. The molecule has 0 bridgehead atoms. The van der Waals surface area contributed by atoms with Gasteiger partial charge in [-0.1, -0.05) is 103 Å². The van der Waals surface area contributed by atoms with Gasteiger partial charge in [-0.2, -0.15) is 0 Å². The molecule has 324 valence electrons. The highest BCUT2D eigenvalue weighted by atomic mass is 32.2. The molecule has 4 aromatic carbocycles. The van der Waals surface area contributed by atoms with E-state index in [1.807, 2.05) is 91.0 Å². The van der Waals surface area contributed by atoms with Crippen LogP contribution in [0.5, 0.6) is 5.75 Å². The van der Waals surface area contributed by atoms with E-state index in [1.165, 1.54) is 43.0 Å². The van der Waals surface area contributed by atoms with Crippen LogP contribution in [-0.2, 0) is 35.0 Å². The van der Waals surface area contributed by atoms with Gasteiger partial charge in [-0.25, -0.2) is 29.6 Å². The largest absolute Gasteiger partial charge is 0.480 e. The van der Waals surface area contributed by atoms with Crippen LogP contribution in [0.4, 0.5) is 14.4 Å². The third kappa shape index (κ3) is 13.7. The molecule has 0 fully saturated rings. The average molecular weight is 856 g/mol. The number of amides is 5. The molecule has 6 N–H and O–H groups in total. The number of thioether (sulfide) groups is 1.